The number of anilines is 2. The first kappa shape index (κ1) is 23.7. The van der Waals surface area contributed by atoms with E-state index in [1.165, 1.54) is 0 Å². The second-order valence-corrected chi connectivity index (χ2v) is 7.60. The van der Waals surface area contributed by atoms with Crippen LogP contribution in [-0.4, -0.2) is 43.4 Å². The van der Waals surface area contributed by atoms with Crippen LogP contribution in [0.3, 0.4) is 0 Å². The lowest BCUT2D eigenvalue weighted by atomic mass is 9.84. The minimum atomic E-state index is -0.0656. The molecule has 0 aliphatic heterocycles. The Hall–Kier alpha value is -1.34. The third kappa shape index (κ3) is 5.82. The van der Waals surface area contributed by atoms with Gasteiger partial charge in [-0.2, -0.15) is 0 Å². The van der Waals surface area contributed by atoms with Crippen molar-refractivity contribution in [2.24, 2.45) is 23.5 Å². The van der Waals surface area contributed by atoms with Crippen molar-refractivity contribution in [3.05, 3.63) is 24.3 Å². The first-order chi connectivity index (χ1) is 11.9. The maximum absolute atomic E-state index is 12.6. The number of nitrogens with two attached hydrogens (primary N) is 1. The van der Waals surface area contributed by atoms with E-state index in [-0.39, 0.29) is 48.6 Å². The van der Waals surface area contributed by atoms with Crippen molar-refractivity contribution in [1.29, 1.82) is 0 Å². The van der Waals surface area contributed by atoms with Gasteiger partial charge in [-0.15, -0.1) is 24.8 Å². The van der Waals surface area contributed by atoms with Gasteiger partial charge in [0.1, 0.15) is 0 Å². The molecule has 4 unspecified atom stereocenters. The van der Waals surface area contributed by atoms with Crippen LogP contribution in [0, 0.1) is 17.8 Å². The average molecular weight is 417 g/mol. The zero-order chi connectivity index (χ0) is 18.0. The van der Waals surface area contributed by atoms with E-state index in [1.54, 1.807) is 0 Å². The second kappa shape index (κ2) is 10.3. The van der Waals surface area contributed by atoms with Crippen LogP contribution in [0.4, 0.5) is 11.4 Å². The van der Waals surface area contributed by atoms with Gasteiger partial charge in [-0.25, -0.2) is 0 Å². The zero-order valence-electron chi connectivity index (χ0n) is 15.8. The maximum Gasteiger partial charge on any atom is 0.229 e. The molecule has 0 aromatic heterocycles. The molecule has 27 heavy (non-hydrogen) atoms. The van der Waals surface area contributed by atoms with Crippen molar-refractivity contribution in [2.45, 2.75) is 31.7 Å². The van der Waals surface area contributed by atoms with E-state index in [1.807, 2.05) is 43.3 Å². The molecular formula is C19H30Cl2N4O2. The number of nitrogens with one attached hydrogen (secondary N) is 2. The number of carbonyl (C=O) groups excluding carboxylic acids is 2. The summed E-state index contributed by atoms with van der Waals surface area (Å²) in [4.78, 5) is 26.4. The maximum atomic E-state index is 12.6. The Labute approximate surface area is 173 Å². The molecule has 6 nitrogen and oxygen atoms in total. The van der Waals surface area contributed by atoms with Crippen LogP contribution in [0.1, 0.15) is 25.7 Å². The van der Waals surface area contributed by atoms with Gasteiger partial charge in [0.05, 0.1) is 5.92 Å². The quantitative estimate of drug-likeness (QED) is 0.664. The summed E-state index contributed by atoms with van der Waals surface area (Å²) in [6, 6.07) is 7.25. The molecule has 1 aromatic rings. The Bertz CT molecular complexity index is 637. The summed E-state index contributed by atoms with van der Waals surface area (Å²) in [7, 11) is 3.87. The number of amides is 2. The summed E-state index contributed by atoms with van der Waals surface area (Å²) in [5.74, 6) is 0.904. The molecule has 2 amide bonds. The standard InChI is InChI=1S/C19H28N4O2.2ClH/c1-23(2)10-9-16(24)21-14-5-7-15(8-6-14)22-19(25)17-12-3-4-13(11-12)18(17)20;;/h5-8,12-13,17-18H,3-4,9-11,20H2,1-2H3,(H,21,24)(H,22,25);2*1H. The van der Waals surface area contributed by atoms with E-state index in [9.17, 15) is 9.59 Å². The molecule has 152 valence electrons. The Kier molecular flexibility index (Phi) is 9.02. The average Bonchev–Trinajstić information content (AvgIpc) is 3.15. The minimum absolute atomic E-state index is 0. The summed E-state index contributed by atoms with van der Waals surface area (Å²) in [5.41, 5.74) is 7.71. The zero-order valence-corrected chi connectivity index (χ0v) is 17.4. The lowest BCUT2D eigenvalue weighted by molar-refractivity contribution is -0.121. The van der Waals surface area contributed by atoms with Crippen LogP contribution in [0.15, 0.2) is 24.3 Å². The molecule has 2 bridgehead atoms. The summed E-state index contributed by atoms with van der Waals surface area (Å²) >= 11 is 0. The van der Waals surface area contributed by atoms with Gasteiger partial charge in [-0.05, 0) is 69.5 Å². The Morgan fingerprint density at radius 1 is 1.04 bits per heavy atom. The number of hydrogen-bond acceptors (Lipinski definition) is 4. The van der Waals surface area contributed by atoms with Gasteiger partial charge in [0, 0.05) is 30.4 Å². The van der Waals surface area contributed by atoms with E-state index in [4.69, 9.17) is 5.73 Å². The summed E-state index contributed by atoms with van der Waals surface area (Å²) in [6.07, 6.45) is 3.83. The first-order valence-electron chi connectivity index (χ1n) is 9.05. The normalized spacial score (nSPS) is 25.5. The fourth-order valence-corrected chi connectivity index (χ4v) is 4.14. The van der Waals surface area contributed by atoms with E-state index in [2.05, 4.69) is 10.6 Å². The summed E-state index contributed by atoms with van der Waals surface area (Å²) in [6.45, 7) is 0.712. The molecule has 0 saturated heterocycles. The highest BCUT2D eigenvalue weighted by atomic mass is 35.5. The van der Waals surface area contributed by atoms with E-state index in [0.29, 0.717) is 24.8 Å². The lowest BCUT2D eigenvalue weighted by Gasteiger charge is -2.27. The predicted octanol–water partition coefficient (Wildman–Crippen LogP) is 2.73. The van der Waals surface area contributed by atoms with Crippen LogP contribution >= 0.6 is 24.8 Å². The molecule has 4 N–H and O–H groups in total. The fraction of sp³-hybridized carbons (Fsp3) is 0.579. The number of hydrogen-bond donors (Lipinski definition) is 3. The van der Waals surface area contributed by atoms with Crippen molar-refractivity contribution >= 4 is 48.0 Å². The number of halogens is 2. The van der Waals surface area contributed by atoms with E-state index in [0.717, 1.165) is 30.6 Å². The van der Waals surface area contributed by atoms with Crippen molar-refractivity contribution in [3.8, 4) is 0 Å². The fourth-order valence-electron chi connectivity index (χ4n) is 4.14. The van der Waals surface area contributed by atoms with E-state index >= 15 is 0 Å². The molecular weight excluding hydrogens is 387 g/mol. The van der Waals surface area contributed by atoms with Crippen molar-refractivity contribution in [2.75, 3.05) is 31.3 Å². The van der Waals surface area contributed by atoms with Gasteiger partial charge < -0.3 is 21.3 Å². The van der Waals surface area contributed by atoms with Crippen LogP contribution in [-0.2, 0) is 9.59 Å². The molecule has 2 saturated carbocycles. The smallest absolute Gasteiger partial charge is 0.229 e. The third-order valence-corrected chi connectivity index (χ3v) is 5.51. The second-order valence-electron chi connectivity index (χ2n) is 7.60. The molecule has 2 aliphatic carbocycles. The topological polar surface area (TPSA) is 87.5 Å². The van der Waals surface area contributed by atoms with Gasteiger partial charge in [0.15, 0.2) is 0 Å². The highest BCUT2D eigenvalue weighted by Crippen LogP contribution is 2.47. The Balaban J connectivity index is 0.00000182. The first-order valence-corrected chi connectivity index (χ1v) is 9.05. The number of fused-ring (bicyclic) bond motifs is 2. The molecule has 0 heterocycles. The molecule has 1 aromatic carbocycles. The van der Waals surface area contributed by atoms with Crippen molar-refractivity contribution in [3.63, 3.8) is 0 Å². The van der Waals surface area contributed by atoms with E-state index < -0.39 is 0 Å². The lowest BCUT2D eigenvalue weighted by Crippen LogP contribution is -2.42. The highest BCUT2D eigenvalue weighted by molar-refractivity contribution is 5.94. The van der Waals surface area contributed by atoms with Gasteiger partial charge in [-0.1, -0.05) is 0 Å². The third-order valence-electron chi connectivity index (χ3n) is 5.51. The molecule has 0 radical (unpaired) electrons. The van der Waals surface area contributed by atoms with Crippen molar-refractivity contribution < 1.29 is 9.59 Å². The number of benzene rings is 1. The molecule has 2 aliphatic rings. The Morgan fingerprint density at radius 3 is 2.11 bits per heavy atom. The number of rotatable bonds is 6. The van der Waals surface area contributed by atoms with Gasteiger partial charge >= 0.3 is 0 Å². The largest absolute Gasteiger partial charge is 0.327 e. The van der Waals surface area contributed by atoms with Crippen LogP contribution in [0.5, 0.6) is 0 Å². The van der Waals surface area contributed by atoms with Gasteiger partial charge in [0.25, 0.3) is 0 Å². The van der Waals surface area contributed by atoms with Gasteiger partial charge in [0.2, 0.25) is 11.8 Å². The number of nitrogens with zero attached hydrogens (tertiary/aromatic N) is 1. The molecule has 4 atom stereocenters. The molecule has 3 rings (SSSR count). The van der Waals surface area contributed by atoms with Crippen LogP contribution < -0.4 is 16.4 Å². The molecule has 8 heteroatoms. The van der Waals surface area contributed by atoms with Crippen LogP contribution in [0.2, 0.25) is 0 Å². The predicted molar refractivity (Wildman–Crippen MR) is 114 cm³/mol. The highest BCUT2D eigenvalue weighted by Gasteiger charge is 2.49. The van der Waals surface area contributed by atoms with Gasteiger partial charge in [-0.3, -0.25) is 9.59 Å². The number of carbonyl (C=O) groups is 2. The van der Waals surface area contributed by atoms with Crippen molar-refractivity contribution in [1.82, 2.24) is 4.90 Å². The van der Waals surface area contributed by atoms with Crippen LogP contribution in [0.25, 0.3) is 0 Å². The SMILES string of the molecule is CN(C)CCC(=O)Nc1ccc(NC(=O)C2C3CCC(C3)C2N)cc1.Cl.Cl. The monoisotopic (exact) mass is 416 g/mol. The Morgan fingerprint density at radius 2 is 1.59 bits per heavy atom. The summed E-state index contributed by atoms with van der Waals surface area (Å²) < 4.78 is 0. The summed E-state index contributed by atoms with van der Waals surface area (Å²) in [5, 5.41) is 5.85. The molecule has 0 spiro atoms. The minimum Gasteiger partial charge on any atom is -0.327 e. The molecule has 2 fully saturated rings.